The van der Waals surface area contributed by atoms with Gasteiger partial charge in [-0.3, -0.25) is 14.8 Å². The first kappa shape index (κ1) is 18.3. The summed E-state index contributed by atoms with van der Waals surface area (Å²) in [6.45, 7) is 4.54. The number of ketones is 1. The SMILES string of the molecule is O=C1c2c(NCCCCN3CCCCC3)cccc2-c2nccc3ccnc1c23. The van der Waals surface area contributed by atoms with E-state index in [1.54, 1.807) is 6.20 Å². The molecule has 5 heteroatoms. The molecule has 1 N–H and O–H groups in total. The fourth-order valence-electron chi connectivity index (χ4n) is 4.62. The Morgan fingerprint density at radius 1 is 0.931 bits per heavy atom. The van der Waals surface area contributed by atoms with Crippen LogP contribution >= 0.6 is 0 Å². The van der Waals surface area contributed by atoms with Crippen molar-refractivity contribution in [1.29, 1.82) is 0 Å². The van der Waals surface area contributed by atoms with Gasteiger partial charge in [-0.2, -0.15) is 0 Å². The molecule has 1 aliphatic heterocycles. The van der Waals surface area contributed by atoms with Crippen molar-refractivity contribution in [2.24, 2.45) is 0 Å². The van der Waals surface area contributed by atoms with Gasteiger partial charge >= 0.3 is 0 Å². The van der Waals surface area contributed by atoms with Crippen molar-refractivity contribution in [2.75, 3.05) is 31.5 Å². The number of hydrogen-bond acceptors (Lipinski definition) is 5. The van der Waals surface area contributed by atoms with Gasteiger partial charge in [-0.05, 0) is 68.9 Å². The van der Waals surface area contributed by atoms with E-state index < -0.39 is 0 Å². The van der Waals surface area contributed by atoms with E-state index in [0.717, 1.165) is 40.7 Å². The van der Waals surface area contributed by atoms with Gasteiger partial charge < -0.3 is 10.2 Å². The molecular formula is C24H26N4O. The molecule has 5 rings (SSSR count). The number of unbranched alkanes of at least 4 members (excludes halogenated alkanes) is 1. The van der Waals surface area contributed by atoms with Gasteiger partial charge in [-0.25, -0.2) is 0 Å². The van der Waals surface area contributed by atoms with E-state index in [9.17, 15) is 4.79 Å². The molecule has 2 aliphatic rings. The maximum atomic E-state index is 13.3. The summed E-state index contributed by atoms with van der Waals surface area (Å²) in [5.41, 5.74) is 3.86. The van der Waals surface area contributed by atoms with E-state index in [-0.39, 0.29) is 5.78 Å². The Morgan fingerprint density at radius 3 is 2.55 bits per heavy atom. The van der Waals surface area contributed by atoms with E-state index in [1.165, 1.54) is 45.3 Å². The molecule has 2 aromatic heterocycles. The molecule has 0 atom stereocenters. The van der Waals surface area contributed by atoms with Crippen molar-refractivity contribution in [1.82, 2.24) is 14.9 Å². The molecule has 0 radical (unpaired) electrons. The van der Waals surface area contributed by atoms with Crippen LogP contribution in [0.2, 0.25) is 0 Å². The lowest BCUT2D eigenvalue weighted by atomic mass is 9.87. The van der Waals surface area contributed by atoms with E-state index >= 15 is 0 Å². The Hall–Kier alpha value is -2.79. The lowest BCUT2D eigenvalue weighted by Gasteiger charge is -2.26. The Balaban J connectivity index is 1.34. The number of carbonyl (C=O) groups is 1. The molecule has 1 saturated heterocycles. The summed E-state index contributed by atoms with van der Waals surface area (Å²) in [7, 11) is 0. The van der Waals surface area contributed by atoms with E-state index in [1.807, 2.05) is 36.5 Å². The van der Waals surface area contributed by atoms with Crippen molar-refractivity contribution < 1.29 is 4.79 Å². The molecular weight excluding hydrogens is 360 g/mol. The van der Waals surface area contributed by atoms with Gasteiger partial charge in [0.15, 0.2) is 0 Å². The smallest absolute Gasteiger partial charge is 0.214 e. The third-order valence-electron chi connectivity index (χ3n) is 6.10. The summed E-state index contributed by atoms with van der Waals surface area (Å²) in [4.78, 5) is 24.8. The monoisotopic (exact) mass is 386 g/mol. The van der Waals surface area contributed by atoms with Gasteiger partial charge in [0, 0.05) is 35.6 Å². The molecule has 0 bridgehead atoms. The summed E-state index contributed by atoms with van der Waals surface area (Å²) in [6.07, 6.45) is 9.85. The van der Waals surface area contributed by atoms with E-state index in [2.05, 4.69) is 20.2 Å². The van der Waals surface area contributed by atoms with Crippen molar-refractivity contribution >= 4 is 22.2 Å². The summed E-state index contributed by atoms with van der Waals surface area (Å²) >= 11 is 0. The van der Waals surface area contributed by atoms with Crippen LogP contribution in [0.1, 0.15) is 48.2 Å². The van der Waals surface area contributed by atoms with Crippen LogP contribution in [0.3, 0.4) is 0 Å². The molecule has 3 heterocycles. The number of nitrogens with one attached hydrogen (secondary N) is 1. The highest BCUT2D eigenvalue weighted by Crippen LogP contribution is 2.39. The first-order valence-electron chi connectivity index (χ1n) is 10.7. The first-order chi connectivity index (χ1) is 14.3. The number of piperidine rings is 1. The summed E-state index contributed by atoms with van der Waals surface area (Å²) in [5, 5.41) is 5.39. The van der Waals surface area contributed by atoms with E-state index in [4.69, 9.17) is 0 Å². The molecule has 0 unspecified atom stereocenters. The number of carbonyl (C=O) groups excluding carboxylic acids is 1. The molecule has 0 saturated carbocycles. The summed E-state index contributed by atoms with van der Waals surface area (Å²) < 4.78 is 0. The zero-order valence-corrected chi connectivity index (χ0v) is 16.7. The Morgan fingerprint density at radius 2 is 1.72 bits per heavy atom. The lowest BCUT2D eigenvalue weighted by Crippen LogP contribution is -2.30. The van der Waals surface area contributed by atoms with Crippen LogP contribution in [0.4, 0.5) is 5.69 Å². The highest BCUT2D eigenvalue weighted by molar-refractivity contribution is 6.26. The minimum atomic E-state index is -0.0116. The highest BCUT2D eigenvalue weighted by atomic mass is 16.1. The molecule has 148 valence electrons. The predicted octanol–water partition coefficient (Wildman–Crippen LogP) is 4.52. The third kappa shape index (κ3) is 3.40. The predicted molar refractivity (Wildman–Crippen MR) is 116 cm³/mol. The highest BCUT2D eigenvalue weighted by Gasteiger charge is 2.29. The minimum absolute atomic E-state index is 0.0116. The van der Waals surface area contributed by atoms with Crippen LogP contribution in [0.25, 0.3) is 22.0 Å². The molecule has 1 fully saturated rings. The fourth-order valence-corrected chi connectivity index (χ4v) is 4.62. The van der Waals surface area contributed by atoms with Gasteiger partial charge in [0.1, 0.15) is 5.69 Å². The van der Waals surface area contributed by atoms with Crippen molar-refractivity contribution in [3.8, 4) is 11.3 Å². The van der Waals surface area contributed by atoms with Crippen LogP contribution in [-0.2, 0) is 0 Å². The topological polar surface area (TPSA) is 58.1 Å². The van der Waals surface area contributed by atoms with Crippen LogP contribution in [0.5, 0.6) is 0 Å². The quantitative estimate of drug-likeness (QED) is 0.494. The molecule has 5 nitrogen and oxygen atoms in total. The second-order valence-corrected chi connectivity index (χ2v) is 8.01. The third-order valence-corrected chi connectivity index (χ3v) is 6.10. The van der Waals surface area contributed by atoms with Crippen LogP contribution < -0.4 is 5.32 Å². The average Bonchev–Trinajstić information content (AvgIpc) is 2.77. The number of fused-ring (bicyclic) bond motifs is 2. The molecule has 0 amide bonds. The van der Waals surface area contributed by atoms with Crippen LogP contribution in [-0.4, -0.2) is 46.8 Å². The maximum absolute atomic E-state index is 13.3. The standard InChI is InChI=1S/C24H26N4O/c29-24-21-18(22-20-17(9-12-26-22)10-13-27-23(20)24)7-6-8-19(21)25-11-2-5-16-28-14-3-1-4-15-28/h6-10,12-13,25H,1-5,11,14-16H2. The number of rotatable bonds is 6. The van der Waals surface area contributed by atoms with Gasteiger partial charge in [0.25, 0.3) is 0 Å². The number of aromatic nitrogens is 2. The zero-order valence-electron chi connectivity index (χ0n) is 16.7. The summed E-state index contributed by atoms with van der Waals surface area (Å²) in [5.74, 6) is -0.0116. The fraction of sp³-hybridized carbons (Fsp3) is 0.375. The Labute approximate surface area is 171 Å². The number of benzene rings is 1. The Bertz CT molecular complexity index is 1050. The minimum Gasteiger partial charge on any atom is -0.384 e. The van der Waals surface area contributed by atoms with Gasteiger partial charge in [-0.15, -0.1) is 0 Å². The average molecular weight is 386 g/mol. The second kappa shape index (κ2) is 7.91. The molecule has 1 aliphatic carbocycles. The van der Waals surface area contributed by atoms with Crippen molar-refractivity contribution in [3.05, 3.63) is 54.0 Å². The van der Waals surface area contributed by atoms with Crippen molar-refractivity contribution in [2.45, 2.75) is 32.1 Å². The number of anilines is 1. The summed E-state index contributed by atoms with van der Waals surface area (Å²) in [6, 6.07) is 9.87. The van der Waals surface area contributed by atoms with Gasteiger partial charge in [0.2, 0.25) is 5.78 Å². The number of likely N-dealkylation sites (tertiary alicyclic amines) is 1. The number of hydrogen-bond donors (Lipinski definition) is 1. The first-order valence-corrected chi connectivity index (χ1v) is 10.7. The maximum Gasteiger partial charge on any atom is 0.214 e. The van der Waals surface area contributed by atoms with Crippen LogP contribution in [0.15, 0.2) is 42.7 Å². The number of pyridine rings is 2. The largest absolute Gasteiger partial charge is 0.384 e. The second-order valence-electron chi connectivity index (χ2n) is 8.01. The molecule has 3 aromatic rings. The lowest BCUT2D eigenvalue weighted by molar-refractivity contribution is 0.103. The zero-order chi connectivity index (χ0) is 19.6. The van der Waals surface area contributed by atoms with Gasteiger partial charge in [-0.1, -0.05) is 18.6 Å². The van der Waals surface area contributed by atoms with Crippen molar-refractivity contribution in [3.63, 3.8) is 0 Å². The Kier molecular flexibility index (Phi) is 4.98. The molecule has 29 heavy (non-hydrogen) atoms. The molecule has 0 spiro atoms. The number of nitrogens with zero attached hydrogens (tertiary/aromatic N) is 3. The van der Waals surface area contributed by atoms with Crippen LogP contribution in [0, 0.1) is 0 Å². The normalized spacial score (nSPS) is 16.1. The molecule has 1 aromatic carbocycles. The van der Waals surface area contributed by atoms with Gasteiger partial charge in [0.05, 0.1) is 11.3 Å². The van der Waals surface area contributed by atoms with E-state index in [0.29, 0.717) is 11.3 Å².